The van der Waals surface area contributed by atoms with Gasteiger partial charge in [0, 0.05) is 50.3 Å². The number of carbonyl (C=O) groups is 1. The molecule has 4 aromatic rings. The van der Waals surface area contributed by atoms with E-state index in [4.69, 9.17) is 56.2 Å². The molecule has 15 heteroatoms. The number of pyridine rings is 2. The van der Waals surface area contributed by atoms with Crippen LogP contribution in [0.1, 0.15) is 135 Å². The lowest BCUT2D eigenvalue weighted by Gasteiger charge is -2.42. The molecule has 0 fully saturated rings. The van der Waals surface area contributed by atoms with E-state index in [-0.39, 0.29) is 74.3 Å². The van der Waals surface area contributed by atoms with Crippen LogP contribution < -0.4 is 9.47 Å². The molecule has 2 heterocycles. The largest absolute Gasteiger partial charge is 0.495 e. The number of nitrogens with zero attached hydrogens (tertiary/aromatic N) is 2. The van der Waals surface area contributed by atoms with Gasteiger partial charge in [0.15, 0.2) is 16.6 Å². The average Bonchev–Trinajstić information content (AvgIpc) is 3.25. The Labute approximate surface area is 437 Å². The predicted octanol–water partition coefficient (Wildman–Crippen LogP) is 15.0. The number of carbonyl (C=O) groups excluding carboxylic acids is 1. The summed E-state index contributed by atoms with van der Waals surface area (Å²) in [5, 5.41) is 10.8. The van der Waals surface area contributed by atoms with Crippen LogP contribution in [0.25, 0.3) is 0 Å². The maximum atomic E-state index is 14.5. The van der Waals surface area contributed by atoms with Crippen molar-refractivity contribution in [3.63, 3.8) is 0 Å². The van der Waals surface area contributed by atoms with Gasteiger partial charge in [0.2, 0.25) is 0 Å². The highest BCUT2D eigenvalue weighted by Crippen LogP contribution is 2.46. The molecule has 0 bridgehead atoms. The lowest BCUT2D eigenvalue weighted by Crippen LogP contribution is -2.45. The van der Waals surface area contributed by atoms with E-state index in [9.17, 15) is 18.7 Å². The second-order valence-corrected chi connectivity index (χ2v) is 34.2. The van der Waals surface area contributed by atoms with E-state index in [1.54, 1.807) is 57.8 Å². The molecule has 0 saturated heterocycles. The number of hydrogen-bond donors (Lipinski definition) is 1. The third kappa shape index (κ3) is 16.5. The van der Waals surface area contributed by atoms with Crippen LogP contribution in [0.4, 0.5) is 8.78 Å². The van der Waals surface area contributed by atoms with Crippen molar-refractivity contribution in [2.24, 2.45) is 22.7 Å². The topological polar surface area (TPSA) is 109 Å². The number of halogens is 4. The van der Waals surface area contributed by atoms with Gasteiger partial charge >= 0.3 is 5.97 Å². The van der Waals surface area contributed by atoms with Gasteiger partial charge in [-0.15, -0.1) is 0 Å². The molecule has 1 N–H and O–H groups in total. The molecule has 71 heavy (non-hydrogen) atoms. The highest BCUT2D eigenvalue weighted by atomic mass is 35.5. The molecule has 0 amide bonds. The number of benzene rings is 2. The highest BCUT2D eigenvalue weighted by Gasteiger charge is 2.45. The molecule has 0 spiro atoms. The van der Waals surface area contributed by atoms with Gasteiger partial charge in [0.1, 0.15) is 29.1 Å². The molecule has 2 aromatic heterocycles. The zero-order valence-corrected chi connectivity index (χ0v) is 49.6. The van der Waals surface area contributed by atoms with E-state index < -0.39 is 34.2 Å². The number of methoxy groups -OCH3 is 2. The third-order valence-corrected chi connectivity index (χ3v) is 24.1. The SMILES string of the molecule is CCOC(=O)C(c1ncc(Cc2cccc(Cl)c2F)cc1OC)[C@H](CO[Si](C)(C)C(C)(C)C)C(C)(C)C.COc1cc(Cc2cccc(Cl)c2F)cnc1C(CO)[C@H](CO[Si](C)(C)C(C)(C)C)C(C)(C)C. The summed E-state index contributed by atoms with van der Waals surface area (Å²) in [6.45, 7) is 37.8. The number of aliphatic hydroxyl groups is 1. The summed E-state index contributed by atoms with van der Waals surface area (Å²) in [6.07, 6.45) is 4.03. The Bertz CT molecular complexity index is 2380. The van der Waals surface area contributed by atoms with Crippen LogP contribution in [-0.4, -0.2) is 78.3 Å². The normalized spacial score (nSPS) is 14.5. The number of aliphatic hydroxyl groups excluding tert-OH is 1. The van der Waals surface area contributed by atoms with Gasteiger partial charge in [-0.1, -0.05) is 131 Å². The summed E-state index contributed by atoms with van der Waals surface area (Å²) in [5.74, 6) is -1.36. The molecule has 0 saturated carbocycles. The molecular weight excluding hydrogens is 978 g/mol. The standard InChI is InChI=1S/C29H43ClFNO4Si.C27H41ClFNO3Si/c1-11-35-27(33)24(21(28(2,3)4)18-36-37(9,10)29(5,6)7)26-23(34-8)16-19(17-32-26)15-20-13-12-14-22(30)25(20)31;1-26(2,3)21(17-33-34(8,9)27(4,5)6)20(16-31)25-23(32-7)14-18(15-30-25)13-19-11-10-12-22(28)24(19)29/h12-14,16-17,21,24H,11,15,18H2,1-10H3;10-12,14-15,20-21,31H,13,16-17H2,1-9H3/t21-,24?;20?,21-/m00/s1. The Morgan fingerprint density at radius 1 is 0.662 bits per heavy atom. The van der Waals surface area contributed by atoms with Crippen molar-refractivity contribution in [3.8, 4) is 11.5 Å². The summed E-state index contributed by atoms with van der Waals surface area (Å²) >= 11 is 11.9. The lowest BCUT2D eigenvalue weighted by atomic mass is 9.72. The van der Waals surface area contributed by atoms with Crippen LogP contribution in [-0.2, 0) is 31.2 Å². The van der Waals surface area contributed by atoms with Crippen molar-refractivity contribution in [3.05, 3.63) is 116 Å². The van der Waals surface area contributed by atoms with E-state index in [1.807, 2.05) is 12.1 Å². The Kier molecular flexibility index (Phi) is 22.0. The minimum atomic E-state index is -2.08. The number of ether oxygens (including phenoxy) is 3. The predicted molar refractivity (Wildman–Crippen MR) is 291 cm³/mol. The van der Waals surface area contributed by atoms with Crippen molar-refractivity contribution in [1.29, 1.82) is 0 Å². The van der Waals surface area contributed by atoms with Crippen LogP contribution >= 0.6 is 23.2 Å². The quantitative estimate of drug-likeness (QED) is 0.0725. The summed E-state index contributed by atoms with van der Waals surface area (Å²) in [4.78, 5) is 22.9. The first-order valence-corrected chi connectivity index (χ1v) is 31.2. The van der Waals surface area contributed by atoms with Gasteiger partial charge in [-0.25, -0.2) is 8.78 Å². The third-order valence-electron chi connectivity index (χ3n) is 14.5. The summed E-state index contributed by atoms with van der Waals surface area (Å²) in [5.41, 5.74) is 3.27. The van der Waals surface area contributed by atoms with Crippen molar-refractivity contribution in [1.82, 2.24) is 9.97 Å². The maximum Gasteiger partial charge on any atom is 0.315 e. The van der Waals surface area contributed by atoms with Crippen LogP contribution in [0.15, 0.2) is 60.9 Å². The fourth-order valence-electron chi connectivity index (χ4n) is 7.78. The van der Waals surface area contributed by atoms with Crippen molar-refractivity contribution >= 4 is 45.8 Å². The molecule has 4 rings (SSSR count). The van der Waals surface area contributed by atoms with Gasteiger partial charge in [-0.2, -0.15) is 0 Å². The zero-order chi connectivity index (χ0) is 54.1. The lowest BCUT2D eigenvalue weighted by molar-refractivity contribution is -0.148. The van der Waals surface area contributed by atoms with E-state index in [2.05, 4.69) is 109 Å². The molecule has 2 unspecified atom stereocenters. The number of esters is 1. The molecular formula is C56H84Cl2F2N2O7Si2. The van der Waals surface area contributed by atoms with Gasteiger partial charge in [0.05, 0.1) is 48.9 Å². The van der Waals surface area contributed by atoms with Gasteiger partial charge in [-0.05, 0) is 106 Å². The zero-order valence-electron chi connectivity index (χ0n) is 46.1. The first kappa shape index (κ1) is 61.9. The first-order valence-electron chi connectivity index (χ1n) is 24.6. The Morgan fingerprint density at radius 3 is 1.42 bits per heavy atom. The number of aromatic nitrogens is 2. The van der Waals surface area contributed by atoms with Crippen LogP contribution in [0, 0.1) is 34.3 Å². The van der Waals surface area contributed by atoms with E-state index in [1.165, 1.54) is 12.1 Å². The number of rotatable bonds is 19. The molecule has 396 valence electrons. The fourth-order valence-corrected chi connectivity index (χ4v) is 10.2. The van der Waals surface area contributed by atoms with E-state index >= 15 is 0 Å². The summed E-state index contributed by atoms with van der Waals surface area (Å²) < 4.78 is 59.1. The molecule has 0 aliphatic heterocycles. The fraction of sp³-hybridized carbons (Fsp3) is 0.589. The monoisotopic (exact) mass is 1060 g/mol. The Hall–Kier alpha value is -3.44. The van der Waals surface area contributed by atoms with Crippen LogP contribution in [0.2, 0.25) is 46.3 Å². The van der Waals surface area contributed by atoms with E-state index in [0.717, 1.165) is 11.1 Å². The molecule has 0 aliphatic carbocycles. The van der Waals surface area contributed by atoms with Gasteiger partial charge in [-0.3, -0.25) is 14.8 Å². The van der Waals surface area contributed by atoms with E-state index in [0.29, 0.717) is 53.6 Å². The number of hydrogen-bond acceptors (Lipinski definition) is 9. The molecule has 2 aromatic carbocycles. The summed E-state index contributed by atoms with van der Waals surface area (Å²) in [6, 6.07) is 13.6. The second-order valence-electron chi connectivity index (χ2n) is 23.7. The smallest absolute Gasteiger partial charge is 0.315 e. The van der Waals surface area contributed by atoms with Crippen LogP contribution in [0.3, 0.4) is 0 Å². The minimum Gasteiger partial charge on any atom is -0.495 e. The van der Waals surface area contributed by atoms with Crippen molar-refractivity contribution in [2.45, 2.75) is 151 Å². The first-order chi connectivity index (χ1) is 32.6. The molecule has 4 atom stereocenters. The average molecular weight is 1060 g/mol. The van der Waals surface area contributed by atoms with Crippen molar-refractivity contribution < 1.29 is 41.7 Å². The van der Waals surface area contributed by atoms with Crippen molar-refractivity contribution in [2.75, 3.05) is 40.6 Å². The second kappa shape index (κ2) is 25.2. The van der Waals surface area contributed by atoms with Gasteiger partial charge < -0.3 is 28.2 Å². The molecule has 0 radical (unpaired) electrons. The van der Waals surface area contributed by atoms with Gasteiger partial charge in [0.25, 0.3) is 0 Å². The highest BCUT2D eigenvalue weighted by molar-refractivity contribution is 6.74. The maximum absolute atomic E-state index is 14.5. The van der Waals surface area contributed by atoms with Crippen LogP contribution in [0.5, 0.6) is 11.5 Å². The Morgan fingerprint density at radius 2 is 1.06 bits per heavy atom. The Balaban J connectivity index is 0.000000377. The minimum absolute atomic E-state index is 0.0178. The molecule has 9 nitrogen and oxygen atoms in total. The molecule has 0 aliphatic rings. The summed E-state index contributed by atoms with van der Waals surface area (Å²) in [7, 11) is -0.910.